The summed E-state index contributed by atoms with van der Waals surface area (Å²) in [5.41, 5.74) is 2.07. The molecule has 3 rings (SSSR count). The SMILES string of the molecule is Cc1ncn(-c2cc(NCCNC(=O)Cc3ccc(F)cc3F)ncn2)c1C. The summed E-state index contributed by atoms with van der Waals surface area (Å²) >= 11 is 0. The van der Waals surface area contributed by atoms with E-state index in [-0.39, 0.29) is 17.9 Å². The Labute approximate surface area is 160 Å². The molecule has 0 saturated carbocycles. The van der Waals surface area contributed by atoms with E-state index in [2.05, 4.69) is 25.6 Å². The minimum absolute atomic E-state index is 0.150. The summed E-state index contributed by atoms with van der Waals surface area (Å²) < 4.78 is 28.3. The van der Waals surface area contributed by atoms with Crippen LogP contribution in [0.1, 0.15) is 17.0 Å². The normalized spacial score (nSPS) is 10.7. The average molecular weight is 386 g/mol. The zero-order valence-corrected chi connectivity index (χ0v) is 15.5. The Morgan fingerprint density at radius 2 is 1.93 bits per heavy atom. The maximum Gasteiger partial charge on any atom is 0.224 e. The average Bonchev–Trinajstić information content (AvgIpc) is 3.00. The van der Waals surface area contributed by atoms with Crippen molar-refractivity contribution in [3.63, 3.8) is 0 Å². The molecule has 0 bridgehead atoms. The lowest BCUT2D eigenvalue weighted by Gasteiger charge is -2.09. The van der Waals surface area contributed by atoms with Gasteiger partial charge in [0.15, 0.2) is 0 Å². The number of aromatic nitrogens is 4. The van der Waals surface area contributed by atoms with E-state index < -0.39 is 11.6 Å². The van der Waals surface area contributed by atoms with Crippen molar-refractivity contribution in [3.05, 3.63) is 65.5 Å². The van der Waals surface area contributed by atoms with Gasteiger partial charge in [0.25, 0.3) is 0 Å². The number of hydrogen-bond acceptors (Lipinski definition) is 5. The van der Waals surface area contributed by atoms with Crippen LogP contribution in [0.5, 0.6) is 0 Å². The van der Waals surface area contributed by atoms with E-state index >= 15 is 0 Å². The quantitative estimate of drug-likeness (QED) is 0.609. The van der Waals surface area contributed by atoms with Crippen LogP contribution in [0.25, 0.3) is 5.82 Å². The van der Waals surface area contributed by atoms with E-state index in [1.54, 1.807) is 12.4 Å². The zero-order valence-electron chi connectivity index (χ0n) is 15.5. The lowest BCUT2D eigenvalue weighted by atomic mass is 10.1. The predicted octanol–water partition coefficient (Wildman–Crippen LogP) is 2.33. The van der Waals surface area contributed by atoms with Crippen molar-refractivity contribution in [1.82, 2.24) is 24.8 Å². The van der Waals surface area contributed by atoms with Crippen molar-refractivity contribution >= 4 is 11.7 Å². The van der Waals surface area contributed by atoms with Crippen LogP contribution in [-0.2, 0) is 11.2 Å². The largest absolute Gasteiger partial charge is 0.368 e. The lowest BCUT2D eigenvalue weighted by molar-refractivity contribution is -0.120. The monoisotopic (exact) mass is 386 g/mol. The van der Waals surface area contributed by atoms with Crippen molar-refractivity contribution in [3.8, 4) is 5.82 Å². The van der Waals surface area contributed by atoms with E-state index in [0.29, 0.717) is 24.7 Å². The second-order valence-corrected chi connectivity index (χ2v) is 6.24. The summed E-state index contributed by atoms with van der Waals surface area (Å²) in [6.07, 6.45) is 3.00. The van der Waals surface area contributed by atoms with Crippen molar-refractivity contribution in [2.24, 2.45) is 0 Å². The van der Waals surface area contributed by atoms with Gasteiger partial charge >= 0.3 is 0 Å². The summed E-state index contributed by atoms with van der Waals surface area (Å²) in [6.45, 7) is 4.63. The number of amides is 1. The number of benzene rings is 1. The molecule has 7 nitrogen and oxygen atoms in total. The third-order valence-electron chi connectivity index (χ3n) is 4.27. The number of nitrogens with one attached hydrogen (secondary N) is 2. The van der Waals surface area contributed by atoms with Gasteiger partial charge in [-0.05, 0) is 25.5 Å². The Morgan fingerprint density at radius 1 is 1.11 bits per heavy atom. The van der Waals surface area contributed by atoms with Gasteiger partial charge in [-0.2, -0.15) is 0 Å². The Bertz CT molecular complexity index is 988. The molecular formula is C19H20F2N6O. The number of carbonyl (C=O) groups is 1. The molecule has 28 heavy (non-hydrogen) atoms. The van der Waals surface area contributed by atoms with E-state index in [4.69, 9.17) is 0 Å². The van der Waals surface area contributed by atoms with Crippen LogP contribution in [0.3, 0.4) is 0 Å². The van der Waals surface area contributed by atoms with Gasteiger partial charge in [0.1, 0.15) is 35.9 Å². The maximum atomic E-state index is 13.6. The van der Waals surface area contributed by atoms with Crippen LogP contribution in [0, 0.1) is 25.5 Å². The van der Waals surface area contributed by atoms with Crippen LogP contribution in [-0.4, -0.2) is 38.5 Å². The molecule has 0 fully saturated rings. The molecule has 1 amide bonds. The highest BCUT2D eigenvalue weighted by molar-refractivity contribution is 5.78. The standard InChI is InChI=1S/C19H20F2N6O/c1-12-13(2)27(11-26-12)18-9-17(24-10-25-18)22-5-6-23-19(28)7-14-3-4-15(20)8-16(14)21/h3-4,8-11H,5-7H2,1-2H3,(H,23,28)(H,22,24,25). The molecule has 0 saturated heterocycles. The molecule has 0 aliphatic carbocycles. The van der Waals surface area contributed by atoms with Crippen molar-refractivity contribution in [1.29, 1.82) is 0 Å². The molecule has 9 heteroatoms. The highest BCUT2D eigenvalue weighted by Crippen LogP contribution is 2.13. The molecule has 2 N–H and O–H groups in total. The smallest absolute Gasteiger partial charge is 0.224 e. The van der Waals surface area contributed by atoms with Crippen LogP contribution in [0.2, 0.25) is 0 Å². The number of carbonyl (C=O) groups excluding carboxylic acids is 1. The fourth-order valence-corrected chi connectivity index (χ4v) is 2.60. The van der Waals surface area contributed by atoms with Gasteiger partial charge in [0.2, 0.25) is 5.91 Å². The number of aryl methyl sites for hydroxylation is 1. The van der Waals surface area contributed by atoms with Crippen LogP contribution < -0.4 is 10.6 Å². The predicted molar refractivity (Wildman–Crippen MR) is 100 cm³/mol. The maximum absolute atomic E-state index is 13.6. The van der Waals surface area contributed by atoms with Crippen molar-refractivity contribution < 1.29 is 13.6 Å². The molecular weight excluding hydrogens is 366 g/mol. The van der Waals surface area contributed by atoms with Gasteiger partial charge in [-0.3, -0.25) is 9.36 Å². The lowest BCUT2D eigenvalue weighted by Crippen LogP contribution is -2.30. The number of halogens is 2. The highest BCUT2D eigenvalue weighted by Gasteiger charge is 2.09. The first kappa shape index (κ1) is 19.4. The van der Waals surface area contributed by atoms with E-state index in [0.717, 1.165) is 23.5 Å². The Kier molecular flexibility index (Phi) is 5.93. The van der Waals surface area contributed by atoms with Gasteiger partial charge in [-0.25, -0.2) is 23.7 Å². The fraction of sp³-hybridized carbons (Fsp3) is 0.263. The zero-order chi connectivity index (χ0) is 20.1. The van der Waals surface area contributed by atoms with E-state index in [9.17, 15) is 13.6 Å². The van der Waals surface area contributed by atoms with Crippen LogP contribution in [0.15, 0.2) is 36.9 Å². The molecule has 2 aromatic heterocycles. The molecule has 0 unspecified atom stereocenters. The minimum atomic E-state index is -0.730. The molecule has 1 aromatic carbocycles. The van der Waals surface area contributed by atoms with Gasteiger partial charge in [0, 0.05) is 30.9 Å². The van der Waals surface area contributed by atoms with Gasteiger partial charge in [0.05, 0.1) is 12.1 Å². The first-order chi connectivity index (χ1) is 13.4. The molecule has 0 aliphatic heterocycles. The Morgan fingerprint density at radius 3 is 2.64 bits per heavy atom. The second kappa shape index (κ2) is 8.55. The highest BCUT2D eigenvalue weighted by atomic mass is 19.1. The van der Waals surface area contributed by atoms with E-state index in [1.165, 1.54) is 12.4 Å². The topological polar surface area (TPSA) is 84.7 Å². The van der Waals surface area contributed by atoms with E-state index in [1.807, 2.05) is 18.4 Å². The van der Waals surface area contributed by atoms with Gasteiger partial charge < -0.3 is 10.6 Å². The molecule has 0 atom stereocenters. The molecule has 0 aliphatic rings. The van der Waals surface area contributed by atoms with Crippen LogP contribution in [0.4, 0.5) is 14.6 Å². The number of rotatable bonds is 7. The molecule has 0 spiro atoms. The molecule has 0 radical (unpaired) electrons. The summed E-state index contributed by atoms with van der Waals surface area (Å²) in [5.74, 6) is -0.454. The minimum Gasteiger partial charge on any atom is -0.368 e. The van der Waals surface area contributed by atoms with Crippen molar-refractivity contribution in [2.45, 2.75) is 20.3 Å². The number of imidazole rings is 1. The number of nitrogens with zero attached hydrogens (tertiary/aromatic N) is 4. The summed E-state index contributed by atoms with van der Waals surface area (Å²) in [5, 5.41) is 5.78. The molecule has 2 heterocycles. The fourth-order valence-electron chi connectivity index (χ4n) is 2.60. The molecule has 146 valence electrons. The Hall–Kier alpha value is -3.36. The third-order valence-corrected chi connectivity index (χ3v) is 4.27. The molecule has 3 aromatic rings. The first-order valence-corrected chi connectivity index (χ1v) is 8.71. The Balaban J connectivity index is 1.49. The number of hydrogen-bond donors (Lipinski definition) is 2. The van der Waals surface area contributed by atoms with Crippen LogP contribution >= 0.6 is 0 Å². The summed E-state index contributed by atoms with van der Waals surface area (Å²) in [6, 6.07) is 4.94. The third kappa shape index (κ3) is 4.67. The summed E-state index contributed by atoms with van der Waals surface area (Å²) in [4.78, 5) is 24.5. The summed E-state index contributed by atoms with van der Waals surface area (Å²) in [7, 11) is 0. The second-order valence-electron chi connectivity index (χ2n) is 6.24. The van der Waals surface area contributed by atoms with Gasteiger partial charge in [-0.1, -0.05) is 6.07 Å². The van der Waals surface area contributed by atoms with Crippen molar-refractivity contribution in [2.75, 3.05) is 18.4 Å². The first-order valence-electron chi connectivity index (χ1n) is 8.71. The number of anilines is 1. The van der Waals surface area contributed by atoms with Gasteiger partial charge in [-0.15, -0.1) is 0 Å².